The molecule has 2 fully saturated rings. The summed E-state index contributed by atoms with van der Waals surface area (Å²) in [4.78, 5) is 55.3. The normalized spacial score (nSPS) is 23.1. The van der Waals surface area contributed by atoms with Gasteiger partial charge >= 0.3 is 5.97 Å². The van der Waals surface area contributed by atoms with Crippen LogP contribution in [-0.4, -0.2) is 30.2 Å². The van der Waals surface area contributed by atoms with E-state index in [9.17, 15) is 19.2 Å². The Morgan fingerprint density at radius 2 is 1.63 bits per heavy atom. The maximum Gasteiger partial charge on any atom is 0.316 e. The first-order valence-corrected chi connectivity index (χ1v) is 13.5. The van der Waals surface area contributed by atoms with Gasteiger partial charge < -0.3 is 9.64 Å². The van der Waals surface area contributed by atoms with Crippen LogP contribution in [0.1, 0.15) is 56.7 Å². The largest absolute Gasteiger partial charge is 0.426 e. The van der Waals surface area contributed by atoms with E-state index in [1.54, 1.807) is 30.0 Å². The van der Waals surface area contributed by atoms with Crippen LogP contribution in [0.5, 0.6) is 5.75 Å². The van der Waals surface area contributed by atoms with Crippen molar-refractivity contribution in [3.8, 4) is 5.75 Å². The minimum atomic E-state index is -0.572. The summed E-state index contributed by atoms with van der Waals surface area (Å²) >= 11 is 0. The van der Waals surface area contributed by atoms with Crippen LogP contribution in [0.4, 0.5) is 11.4 Å². The fourth-order valence-corrected chi connectivity index (χ4v) is 6.06. The Morgan fingerprint density at radius 3 is 2.29 bits per heavy atom. The number of para-hydroxylation sites is 1. The van der Waals surface area contributed by atoms with Gasteiger partial charge in [0.1, 0.15) is 5.75 Å². The number of anilines is 2. The number of ether oxygens (including phenoxy) is 1. The number of amides is 3. The lowest BCUT2D eigenvalue weighted by molar-refractivity contribution is -0.139. The monoisotopic (exact) mass is 514 g/mol. The van der Waals surface area contributed by atoms with Crippen LogP contribution in [0.15, 0.2) is 48.0 Å². The first-order valence-electron chi connectivity index (χ1n) is 13.5. The number of allylic oxidation sites excluding steroid dienone is 2. The topological polar surface area (TPSA) is 84.0 Å². The standard InChI is InChI=1S/C31H34N2O5/c1-5-20-8-7-9-21(6-2)28(20)32-17-22(16-27(32)34)31(37)38-23-11-13-26(19(4)15-23)33-29(35)24-12-10-18(3)14-25(24)30(33)36/h7-11,13,15,22,24-25H,5-6,12,14,16-17H2,1-4H3/t22-,24+,25+/m1/s1. The number of rotatable bonds is 6. The smallest absolute Gasteiger partial charge is 0.316 e. The van der Waals surface area contributed by atoms with E-state index in [1.165, 1.54) is 4.90 Å². The summed E-state index contributed by atoms with van der Waals surface area (Å²) in [5.41, 5.74) is 5.45. The SMILES string of the molecule is CCc1cccc(CC)c1N1C[C@H](C(=O)Oc2ccc(N3C(=O)[C@H]4CC=C(C)C[C@@H]4C3=O)c(C)c2)CC1=O. The second kappa shape index (κ2) is 10.2. The quantitative estimate of drug-likeness (QED) is 0.236. The van der Waals surface area contributed by atoms with Gasteiger partial charge in [-0.15, -0.1) is 0 Å². The van der Waals surface area contributed by atoms with Crippen LogP contribution in [0.3, 0.4) is 0 Å². The number of carbonyl (C=O) groups excluding carboxylic acids is 4. The molecular formula is C31H34N2O5. The van der Waals surface area contributed by atoms with Crippen molar-refractivity contribution in [2.45, 2.75) is 59.8 Å². The third-order valence-electron chi connectivity index (χ3n) is 8.14. The van der Waals surface area contributed by atoms with Crippen LogP contribution >= 0.6 is 0 Å². The molecule has 38 heavy (non-hydrogen) atoms. The number of hydrogen-bond donors (Lipinski definition) is 0. The van der Waals surface area contributed by atoms with Crippen LogP contribution in [-0.2, 0) is 32.0 Å². The van der Waals surface area contributed by atoms with E-state index >= 15 is 0 Å². The number of aryl methyl sites for hydroxylation is 3. The Hall–Kier alpha value is -3.74. The number of esters is 1. The molecule has 198 valence electrons. The minimum absolute atomic E-state index is 0.0775. The number of hydrogen-bond acceptors (Lipinski definition) is 5. The molecule has 2 aromatic rings. The molecule has 2 aliphatic heterocycles. The van der Waals surface area contributed by atoms with Crippen LogP contribution in [0, 0.1) is 24.7 Å². The summed E-state index contributed by atoms with van der Waals surface area (Å²) < 4.78 is 5.69. The molecule has 2 aromatic carbocycles. The molecule has 2 saturated heterocycles. The first kappa shape index (κ1) is 25.9. The van der Waals surface area contributed by atoms with Gasteiger partial charge in [0, 0.05) is 18.7 Å². The molecule has 0 spiro atoms. The molecule has 0 saturated carbocycles. The summed E-state index contributed by atoms with van der Waals surface area (Å²) in [6.07, 6.45) is 4.95. The van der Waals surface area contributed by atoms with Gasteiger partial charge in [0.05, 0.1) is 23.4 Å². The van der Waals surface area contributed by atoms with Gasteiger partial charge in [-0.25, -0.2) is 4.90 Å². The lowest BCUT2D eigenvalue weighted by Gasteiger charge is -2.23. The second-order valence-electron chi connectivity index (χ2n) is 10.6. The predicted octanol–water partition coefficient (Wildman–Crippen LogP) is 4.92. The van der Waals surface area contributed by atoms with Gasteiger partial charge in [0.25, 0.3) is 0 Å². The Balaban J connectivity index is 1.30. The Morgan fingerprint density at radius 1 is 0.947 bits per heavy atom. The Kier molecular flexibility index (Phi) is 6.95. The maximum absolute atomic E-state index is 13.1. The average molecular weight is 515 g/mol. The van der Waals surface area contributed by atoms with Gasteiger partial charge in [-0.05, 0) is 74.4 Å². The minimum Gasteiger partial charge on any atom is -0.426 e. The summed E-state index contributed by atoms with van der Waals surface area (Å²) in [5.74, 6) is -1.72. The average Bonchev–Trinajstić information content (AvgIpc) is 3.40. The Labute approximate surface area is 223 Å². The molecule has 7 nitrogen and oxygen atoms in total. The highest BCUT2D eigenvalue weighted by Crippen LogP contribution is 2.41. The van der Waals surface area contributed by atoms with Crippen molar-refractivity contribution < 1.29 is 23.9 Å². The highest BCUT2D eigenvalue weighted by Gasteiger charge is 2.49. The number of fused-ring (bicyclic) bond motifs is 1. The van der Waals surface area contributed by atoms with E-state index in [1.807, 2.05) is 31.2 Å². The van der Waals surface area contributed by atoms with Crippen molar-refractivity contribution in [1.82, 2.24) is 0 Å². The van der Waals surface area contributed by atoms with Crippen molar-refractivity contribution in [1.29, 1.82) is 0 Å². The Bertz CT molecular complexity index is 1340. The summed E-state index contributed by atoms with van der Waals surface area (Å²) in [6, 6.07) is 11.0. The molecular weight excluding hydrogens is 480 g/mol. The third kappa shape index (κ3) is 4.44. The molecule has 0 N–H and O–H groups in total. The zero-order valence-corrected chi connectivity index (χ0v) is 22.5. The maximum atomic E-state index is 13.1. The van der Waals surface area contributed by atoms with Crippen LogP contribution < -0.4 is 14.5 Å². The highest BCUT2D eigenvalue weighted by molar-refractivity contribution is 6.22. The molecule has 5 rings (SSSR count). The molecule has 1 aliphatic carbocycles. The summed E-state index contributed by atoms with van der Waals surface area (Å²) in [5, 5.41) is 0. The summed E-state index contributed by atoms with van der Waals surface area (Å²) in [7, 11) is 0. The lowest BCUT2D eigenvalue weighted by atomic mass is 9.82. The van der Waals surface area contributed by atoms with Crippen molar-refractivity contribution in [2.75, 3.05) is 16.3 Å². The predicted molar refractivity (Wildman–Crippen MR) is 145 cm³/mol. The first-order chi connectivity index (χ1) is 18.2. The molecule has 0 bridgehead atoms. The zero-order valence-electron chi connectivity index (χ0n) is 22.5. The van der Waals surface area contributed by atoms with Gasteiger partial charge in [0.2, 0.25) is 17.7 Å². The molecule has 0 radical (unpaired) electrons. The van der Waals surface area contributed by atoms with E-state index in [0.717, 1.165) is 35.2 Å². The third-order valence-corrected chi connectivity index (χ3v) is 8.14. The van der Waals surface area contributed by atoms with E-state index in [-0.39, 0.29) is 42.5 Å². The number of benzene rings is 2. The second-order valence-corrected chi connectivity index (χ2v) is 10.6. The van der Waals surface area contributed by atoms with Gasteiger partial charge in [-0.3, -0.25) is 19.2 Å². The van der Waals surface area contributed by atoms with E-state index in [2.05, 4.69) is 13.8 Å². The van der Waals surface area contributed by atoms with Gasteiger partial charge in [0.15, 0.2) is 0 Å². The van der Waals surface area contributed by atoms with Gasteiger partial charge in [-0.2, -0.15) is 0 Å². The molecule has 7 heteroatoms. The molecule has 3 amide bonds. The zero-order chi connectivity index (χ0) is 27.1. The van der Waals surface area contributed by atoms with Crippen molar-refractivity contribution in [3.63, 3.8) is 0 Å². The molecule has 3 aliphatic rings. The van der Waals surface area contributed by atoms with Crippen molar-refractivity contribution in [2.24, 2.45) is 17.8 Å². The molecule has 3 atom stereocenters. The summed E-state index contributed by atoms with van der Waals surface area (Å²) in [6.45, 7) is 8.20. The molecule has 0 aromatic heterocycles. The van der Waals surface area contributed by atoms with Crippen molar-refractivity contribution >= 4 is 35.1 Å². The van der Waals surface area contributed by atoms with Gasteiger partial charge in [-0.1, -0.05) is 43.7 Å². The number of carbonyl (C=O) groups is 4. The van der Waals surface area contributed by atoms with E-state index < -0.39 is 11.9 Å². The van der Waals surface area contributed by atoms with E-state index in [0.29, 0.717) is 29.8 Å². The highest BCUT2D eigenvalue weighted by atomic mass is 16.5. The van der Waals surface area contributed by atoms with Crippen molar-refractivity contribution in [3.05, 3.63) is 64.7 Å². The number of nitrogens with zero attached hydrogens (tertiary/aromatic N) is 2. The fraction of sp³-hybridized carbons (Fsp3) is 0.419. The lowest BCUT2D eigenvalue weighted by Crippen LogP contribution is -2.31. The molecule has 2 heterocycles. The van der Waals surface area contributed by atoms with Crippen LogP contribution in [0.25, 0.3) is 0 Å². The number of imide groups is 1. The molecule has 0 unspecified atom stereocenters. The van der Waals surface area contributed by atoms with Crippen LogP contribution in [0.2, 0.25) is 0 Å². The van der Waals surface area contributed by atoms with E-state index in [4.69, 9.17) is 4.74 Å². The fourth-order valence-electron chi connectivity index (χ4n) is 6.06.